The molecule has 3 rings (SSSR count). The quantitative estimate of drug-likeness (QED) is 0.861. The summed E-state index contributed by atoms with van der Waals surface area (Å²) in [6, 6.07) is 1.98. The van der Waals surface area contributed by atoms with Crippen LogP contribution in [0.5, 0.6) is 0 Å². The maximum Gasteiger partial charge on any atom is 0.233 e. The summed E-state index contributed by atoms with van der Waals surface area (Å²) < 4.78 is 6.16. The largest absolute Gasteiger partial charge is 0.338 e. The van der Waals surface area contributed by atoms with Crippen molar-refractivity contribution in [1.29, 1.82) is 0 Å². The summed E-state index contributed by atoms with van der Waals surface area (Å²) in [6.45, 7) is 0. The summed E-state index contributed by atoms with van der Waals surface area (Å²) in [5.41, 5.74) is 6.63. The normalized spacial score (nSPS) is 22.6. The fraction of sp³-hybridized carbons (Fsp3) is 0.250. The van der Waals surface area contributed by atoms with E-state index in [1.54, 1.807) is 12.4 Å². The van der Waals surface area contributed by atoms with Gasteiger partial charge in [-0.15, -0.1) is 0 Å². The molecule has 92 valence electrons. The first kappa shape index (κ1) is 11.6. The van der Waals surface area contributed by atoms with Crippen LogP contribution >= 0.6 is 15.9 Å². The van der Waals surface area contributed by atoms with Gasteiger partial charge >= 0.3 is 0 Å². The van der Waals surface area contributed by atoms with Gasteiger partial charge in [0.05, 0.1) is 5.92 Å². The second-order valence-electron chi connectivity index (χ2n) is 4.24. The number of rotatable bonds is 2. The molecular weight excluding hydrogens is 296 g/mol. The van der Waals surface area contributed by atoms with Crippen LogP contribution in [0.25, 0.3) is 11.4 Å². The van der Waals surface area contributed by atoms with Crippen LogP contribution in [0.15, 0.2) is 39.6 Å². The van der Waals surface area contributed by atoms with Crippen LogP contribution in [0.1, 0.15) is 18.2 Å². The number of halogens is 1. The number of aromatic nitrogens is 3. The Kier molecular flexibility index (Phi) is 2.97. The fourth-order valence-corrected chi connectivity index (χ4v) is 2.31. The molecule has 0 fully saturated rings. The molecule has 2 atom stereocenters. The molecule has 2 N–H and O–H groups in total. The molecule has 0 aliphatic heterocycles. The maximum atomic E-state index is 5.81. The van der Waals surface area contributed by atoms with Crippen molar-refractivity contribution in [3.05, 3.63) is 41.0 Å². The first-order valence-corrected chi connectivity index (χ1v) is 6.40. The molecule has 18 heavy (non-hydrogen) atoms. The van der Waals surface area contributed by atoms with Crippen molar-refractivity contribution in [3.8, 4) is 11.4 Å². The van der Waals surface area contributed by atoms with Crippen molar-refractivity contribution < 1.29 is 4.52 Å². The molecule has 0 saturated heterocycles. The third-order valence-electron chi connectivity index (χ3n) is 2.84. The number of hydrogen-bond donors (Lipinski definition) is 1. The smallest absolute Gasteiger partial charge is 0.233 e. The monoisotopic (exact) mass is 306 g/mol. The summed E-state index contributed by atoms with van der Waals surface area (Å²) in [5, 5.41) is 3.98. The van der Waals surface area contributed by atoms with Crippen LogP contribution in [-0.4, -0.2) is 21.2 Å². The number of nitrogens with two attached hydrogens (primary N) is 1. The van der Waals surface area contributed by atoms with Gasteiger partial charge in [-0.1, -0.05) is 17.3 Å². The summed E-state index contributed by atoms with van der Waals surface area (Å²) >= 11 is 3.36. The Morgan fingerprint density at radius 1 is 1.33 bits per heavy atom. The van der Waals surface area contributed by atoms with Crippen molar-refractivity contribution in [1.82, 2.24) is 15.1 Å². The predicted octanol–water partition coefficient (Wildman–Crippen LogP) is 2.26. The molecule has 0 spiro atoms. The first-order valence-electron chi connectivity index (χ1n) is 5.61. The molecular formula is C12H11BrN4O. The van der Waals surface area contributed by atoms with E-state index in [1.165, 1.54) is 0 Å². The topological polar surface area (TPSA) is 77.8 Å². The standard InChI is InChI=1S/C12H11BrN4O/c13-9-3-8(5-15-6-9)11-16-12(18-17-11)7-1-2-10(14)4-7/h1-3,5-7,10H,4,14H2. The molecule has 6 heteroatoms. The number of pyridine rings is 1. The highest BCUT2D eigenvalue weighted by atomic mass is 79.9. The predicted molar refractivity (Wildman–Crippen MR) is 69.7 cm³/mol. The van der Waals surface area contributed by atoms with Crippen molar-refractivity contribution in [2.24, 2.45) is 5.73 Å². The highest BCUT2D eigenvalue weighted by Crippen LogP contribution is 2.28. The van der Waals surface area contributed by atoms with E-state index in [0.717, 1.165) is 16.5 Å². The van der Waals surface area contributed by atoms with E-state index in [9.17, 15) is 0 Å². The molecule has 0 amide bonds. The lowest BCUT2D eigenvalue weighted by molar-refractivity contribution is 0.365. The van der Waals surface area contributed by atoms with Crippen LogP contribution in [0.2, 0.25) is 0 Å². The average Bonchev–Trinajstić information content (AvgIpc) is 2.97. The number of allylic oxidation sites excluding steroid dienone is 1. The first-order chi connectivity index (χ1) is 8.72. The van der Waals surface area contributed by atoms with E-state index in [-0.39, 0.29) is 12.0 Å². The van der Waals surface area contributed by atoms with E-state index in [1.807, 2.05) is 18.2 Å². The highest BCUT2D eigenvalue weighted by molar-refractivity contribution is 9.10. The molecule has 0 bridgehead atoms. The zero-order valence-corrected chi connectivity index (χ0v) is 11.0. The summed E-state index contributed by atoms with van der Waals surface area (Å²) in [7, 11) is 0. The third kappa shape index (κ3) is 2.21. The minimum absolute atomic E-state index is 0.0814. The zero-order chi connectivity index (χ0) is 12.5. The highest BCUT2D eigenvalue weighted by Gasteiger charge is 2.23. The second kappa shape index (κ2) is 4.62. The fourth-order valence-electron chi connectivity index (χ4n) is 1.95. The lowest BCUT2D eigenvalue weighted by Crippen LogP contribution is -2.14. The Bertz CT molecular complexity index is 595. The van der Waals surface area contributed by atoms with E-state index >= 15 is 0 Å². The van der Waals surface area contributed by atoms with Crippen LogP contribution < -0.4 is 5.73 Å². The molecule has 1 aliphatic carbocycles. The Labute approximate surface area is 112 Å². The van der Waals surface area contributed by atoms with Gasteiger partial charge in [-0.05, 0) is 28.4 Å². The van der Waals surface area contributed by atoms with Gasteiger partial charge in [0.1, 0.15) is 0 Å². The van der Waals surface area contributed by atoms with Gasteiger partial charge in [-0.3, -0.25) is 4.98 Å². The molecule has 0 radical (unpaired) electrons. The lowest BCUT2D eigenvalue weighted by Gasteiger charge is -2.01. The van der Waals surface area contributed by atoms with Crippen molar-refractivity contribution in [2.45, 2.75) is 18.4 Å². The maximum absolute atomic E-state index is 5.81. The molecule has 0 saturated carbocycles. The van der Waals surface area contributed by atoms with E-state index in [2.05, 4.69) is 31.1 Å². The number of nitrogens with zero attached hydrogens (tertiary/aromatic N) is 3. The molecule has 5 nitrogen and oxygen atoms in total. The lowest BCUT2D eigenvalue weighted by atomic mass is 10.1. The minimum Gasteiger partial charge on any atom is -0.338 e. The number of hydrogen-bond acceptors (Lipinski definition) is 5. The van der Waals surface area contributed by atoms with Crippen LogP contribution in [0.3, 0.4) is 0 Å². The second-order valence-corrected chi connectivity index (χ2v) is 5.15. The van der Waals surface area contributed by atoms with Crippen molar-refractivity contribution in [2.75, 3.05) is 0 Å². The Hall–Kier alpha value is -1.53. The molecule has 0 aromatic carbocycles. The Morgan fingerprint density at radius 3 is 2.94 bits per heavy atom. The zero-order valence-electron chi connectivity index (χ0n) is 9.45. The molecule has 2 heterocycles. The summed E-state index contributed by atoms with van der Waals surface area (Å²) in [6.07, 6.45) is 8.22. The SMILES string of the molecule is NC1C=CC(c2nc(-c3cncc(Br)c3)no2)C1. The van der Waals surface area contributed by atoms with Gasteiger partial charge in [-0.25, -0.2) is 0 Å². The van der Waals surface area contributed by atoms with Crippen LogP contribution in [-0.2, 0) is 0 Å². The Balaban J connectivity index is 1.88. The minimum atomic E-state index is 0.0814. The molecule has 1 aliphatic rings. The van der Waals surface area contributed by atoms with Gasteiger partial charge in [0.2, 0.25) is 11.7 Å². The van der Waals surface area contributed by atoms with Gasteiger partial charge in [0.25, 0.3) is 0 Å². The van der Waals surface area contributed by atoms with E-state index in [0.29, 0.717) is 11.7 Å². The summed E-state index contributed by atoms with van der Waals surface area (Å²) in [4.78, 5) is 8.47. The molecule has 2 unspecified atom stereocenters. The average molecular weight is 307 g/mol. The van der Waals surface area contributed by atoms with Gasteiger partial charge in [0, 0.05) is 28.5 Å². The third-order valence-corrected chi connectivity index (χ3v) is 3.27. The summed E-state index contributed by atoms with van der Waals surface area (Å²) in [5.74, 6) is 1.28. The van der Waals surface area contributed by atoms with Crippen LogP contribution in [0.4, 0.5) is 0 Å². The molecule has 2 aromatic rings. The van der Waals surface area contributed by atoms with Crippen molar-refractivity contribution in [3.63, 3.8) is 0 Å². The van der Waals surface area contributed by atoms with Gasteiger partial charge in [-0.2, -0.15) is 4.98 Å². The van der Waals surface area contributed by atoms with Gasteiger partial charge < -0.3 is 10.3 Å². The Morgan fingerprint density at radius 2 is 2.22 bits per heavy atom. The van der Waals surface area contributed by atoms with Gasteiger partial charge in [0.15, 0.2) is 0 Å². The van der Waals surface area contributed by atoms with E-state index in [4.69, 9.17) is 10.3 Å². The molecule has 2 aromatic heterocycles. The van der Waals surface area contributed by atoms with E-state index < -0.39 is 0 Å². The van der Waals surface area contributed by atoms with Crippen molar-refractivity contribution >= 4 is 15.9 Å². The van der Waals surface area contributed by atoms with Crippen LogP contribution in [0, 0.1) is 0 Å².